The van der Waals surface area contributed by atoms with E-state index in [4.69, 9.17) is 8.53 Å². The van der Waals surface area contributed by atoms with Crippen LogP contribution in [-0.4, -0.2) is 6.71 Å². The Kier molecular flexibility index (Phi) is 9.14. The maximum Gasteiger partial charge on any atom is 0.297 e. The smallest absolute Gasteiger partial charge is 0.297 e. The fraction of sp³-hybridized carbons (Fsp3) is 0.371. The van der Waals surface area contributed by atoms with Crippen molar-refractivity contribution < 1.29 is 11.3 Å². The minimum Gasteiger partial charge on any atom is -0.468 e. The van der Waals surface area contributed by atoms with Crippen LogP contribution in [0.5, 0.6) is 0 Å². The summed E-state index contributed by atoms with van der Waals surface area (Å²) in [6.45, 7) is 32.8. The van der Waals surface area contributed by atoms with Gasteiger partial charge >= 0.3 is 0 Å². The third-order valence-electron chi connectivity index (χ3n) is 19.1. The second kappa shape index (κ2) is 16.0. The van der Waals surface area contributed by atoms with Crippen molar-refractivity contribution in [1.29, 1.82) is 0 Å². The zero-order valence-corrected chi connectivity index (χ0v) is 46.9. The number of nitrogens with zero attached hydrogens (tertiary/aromatic N) is 3. The largest absolute Gasteiger partial charge is 0.468 e. The molecule has 0 radical (unpaired) electrons. The second-order valence-electron chi connectivity index (χ2n) is 27.2. The zero-order chi connectivity index (χ0) is 56.9. The topological polar surface area (TPSA) is 22.9 Å². The van der Waals surface area contributed by atoms with Crippen LogP contribution in [0, 0.1) is 13.8 Å². The van der Waals surface area contributed by atoms with Crippen molar-refractivity contribution in [2.24, 2.45) is 0 Å². The van der Waals surface area contributed by atoms with Crippen LogP contribution in [-0.2, 0) is 32.5 Å². The van der Waals surface area contributed by atoms with E-state index in [-0.39, 0.29) is 69.1 Å². The van der Waals surface area contributed by atoms with E-state index in [1.165, 1.54) is 38.8 Å². The lowest BCUT2D eigenvalue weighted by molar-refractivity contribution is 0.332. The van der Waals surface area contributed by atoms with Crippen molar-refractivity contribution in [2.45, 2.75) is 168 Å². The minimum atomic E-state index is -0.426. The van der Waals surface area contributed by atoms with Gasteiger partial charge in [-0.05, 0) is 219 Å². The molecule has 5 aliphatic rings. The Bertz CT molecular complexity index is 3930. The molecular formula is C70H76BN3O. The van der Waals surface area contributed by atoms with Crippen molar-refractivity contribution in [2.75, 3.05) is 14.7 Å². The van der Waals surface area contributed by atoms with Gasteiger partial charge in [0.1, 0.15) is 5.58 Å². The number of fused-ring (bicyclic) bond motifs is 9. The molecule has 7 aromatic carbocycles. The molecule has 13 rings (SSSR count). The number of hydrogen-bond donors (Lipinski definition) is 0. The average molecular weight is 991 g/mol. The van der Waals surface area contributed by atoms with Gasteiger partial charge in [-0.25, -0.2) is 0 Å². The Hall–Kier alpha value is -6.46. The molecule has 380 valence electrons. The fourth-order valence-corrected chi connectivity index (χ4v) is 14.4. The Morgan fingerprint density at radius 1 is 0.467 bits per heavy atom. The zero-order valence-electron chi connectivity index (χ0n) is 51.9. The maximum absolute atomic E-state index is 9.66. The molecule has 75 heavy (non-hydrogen) atoms. The first-order valence-corrected chi connectivity index (χ1v) is 27.8. The van der Waals surface area contributed by atoms with Crippen molar-refractivity contribution in [3.63, 3.8) is 0 Å². The van der Waals surface area contributed by atoms with Gasteiger partial charge in [-0.1, -0.05) is 138 Å². The first-order valence-electron chi connectivity index (χ1n) is 30.3. The van der Waals surface area contributed by atoms with Gasteiger partial charge in [0.05, 0.1) is 23.9 Å². The molecule has 5 heteroatoms. The van der Waals surface area contributed by atoms with E-state index in [0.29, 0.717) is 11.4 Å². The summed E-state index contributed by atoms with van der Waals surface area (Å²) in [5.41, 5.74) is 21.6. The normalized spacial score (nSPS) is 20.5. The molecule has 0 spiro atoms. The van der Waals surface area contributed by atoms with Gasteiger partial charge in [0.25, 0.3) is 6.71 Å². The summed E-state index contributed by atoms with van der Waals surface area (Å²) in [7, 11) is 0. The fourth-order valence-electron chi connectivity index (χ4n) is 14.4. The molecule has 0 saturated heterocycles. The predicted octanol–water partition coefficient (Wildman–Crippen LogP) is 17.6. The summed E-state index contributed by atoms with van der Waals surface area (Å²) in [6.07, 6.45) is 6.44. The Labute approximate surface area is 455 Å². The van der Waals surface area contributed by atoms with Crippen molar-refractivity contribution >= 4 is 85.5 Å². The molecule has 0 bridgehead atoms. The standard InChI is InChI=1S/C70H76BN3O/c1-43-33-44(2)35-48(34-43)73-58-41-55-54(68(9,10)30-31-69(55,11)12)40-57(58)71-62-59(73)37-49(72(45-21-17-15-18-22-45)46-23-19-16-20-24-46)38-60(62)74(47-25-26-51-52(36-47)66(5,6)28-27-65(51,3)4)63-50-39-53-56(42-61(50)75-64(63)71)70(13,14)32-29-67(53,7)8/h15-26,33-42H,27-32H2,1-14H3/i15D,17D,18D,21D,22D. The number of hydrogen-bond acceptors (Lipinski definition) is 4. The highest BCUT2D eigenvalue weighted by Crippen LogP contribution is 2.56. The highest BCUT2D eigenvalue weighted by Gasteiger charge is 2.51. The van der Waals surface area contributed by atoms with E-state index in [2.05, 4.69) is 180 Å². The molecule has 0 atom stereocenters. The van der Waals surface area contributed by atoms with Crippen molar-refractivity contribution in [3.8, 4) is 0 Å². The lowest BCUT2D eigenvalue weighted by Crippen LogP contribution is -2.61. The average Bonchev–Trinajstić information content (AvgIpc) is 3.98. The van der Waals surface area contributed by atoms with Crippen molar-refractivity contribution in [1.82, 2.24) is 0 Å². The predicted molar refractivity (Wildman–Crippen MR) is 320 cm³/mol. The van der Waals surface area contributed by atoms with E-state index in [1.54, 1.807) is 0 Å². The van der Waals surface area contributed by atoms with Gasteiger partial charge in [0.15, 0.2) is 0 Å². The number of anilines is 9. The van der Waals surface area contributed by atoms with E-state index >= 15 is 0 Å². The molecule has 0 N–H and O–H groups in total. The van der Waals surface area contributed by atoms with Crippen molar-refractivity contribution in [3.05, 3.63) is 178 Å². The molecule has 2 aliphatic heterocycles. The third-order valence-corrected chi connectivity index (χ3v) is 19.1. The summed E-state index contributed by atoms with van der Waals surface area (Å²) in [5.74, 6) is 0. The van der Waals surface area contributed by atoms with Gasteiger partial charge in [-0.3, -0.25) is 0 Å². The Morgan fingerprint density at radius 3 is 1.59 bits per heavy atom. The maximum atomic E-state index is 9.66. The van der Waals surface area contributed by atoms with E-state index in [9.17, 15) is 2.74 Å². The number of aryl methyl sites for hydroxylation is 2. The molecule has 3 aliphatic carbocycles. The van der Waals surface area contributed by atoms with E-state index < -0.39 is 6.04 Å². The molecule has 0 unspecified atom stereocenters. The van der Waals surface area contributed by atoms with Gasteiger partial charge in [-0.15, -0.1) is 0 Å². The Balaban J connectivity index is 1.24. The molecule has 0 saturated carbocycles. The highest BCUT2D eigenvalue weighted by atomic mass is 16.3. The number of para-hydroxylation sites is 2. The highest BCUT2D eigenvalue weighted by molar-refractivity contribution is 7.00. The third kappa shape index (κ3) is 7.29. The number of benzene rings is 7. The van der Waals surface area contributed by atoms with E-state index in [0.717, 1.165) is 106 Å². The molecule has 0 fully saturated rings. The van der Waals surface area contributed by atoms with Gasteiger partial charge < -0.3 is 19.1 Å². The summed E-state index contributed by atoms with van der Waals surface area (Å²) < 4.78 is 54.1. The lowest BCUT2D eigenvalue weighted by atomic mass is 9.35. The lowest BCUT2D eigenvalue weighted by Gasteiger charge is -2.47. The minimum absolute atomic E-state index is 0.0157. The molecule has 0 amide bonds. The molecule has 8 aromatic rings. The van der Waals surface area contributed by atoms with Gasteiger partial charge in [0, 0.05) is 45.2 Å². The summed E-state index contributed by atoms with van der Waals surface area (Å²) in [4.78, 5) is 6.87. The molecule has 3 heterocycles. The Morgan fingerprint density at radius 2 is 0.987 bits per heavy atom. The second-order valence-corrected chi connectivity index (χ2v) is 27.2. The number of rotatable bonds is 5. The number of furan rings is 1. The van der Waals surface area contributed by atoms with Crippen LogP contribution >= 0.6 is 0 Å². The molecule has 4 nitrogen and oxygen atoms in total. The van der Waals surface area contributed by atoms with Crippen LogP contribution in [0.15, 0.2) is 138 Å². The van der Waals surface area contributed by atoms with Crippen LogP contribution in [0.25, 0.3) is 11.0 Å². The quantitative estimate of drug-likeness (QED) is 0.160. The SMILES string of the molecule is [2H]c1c([2H])c([2H])c(N(c2ccccc2)c2cc3c4c(c2)N(c2ccc5c(c2)C(C)(C)CCC5(C)C)c2c(oc5cc6c(cc25)C(C)(C)CCC6(C)C)B4c2cc4c(cc2N3c2cc(C)cc(C)c2)C(C)(C)CCC4(C)C)c([2H])c1[2H]. The van der Waals surface area contributed by atoms with Gasteiger partial charge in [-0.2, -0.15) is 0 Å². The van der Waals surface area contributed by atoms with Crippen LogP contribution in [0.1, 0.15) is 173 Å². The van der Waals surface area contributed by atoms with Gasteiger partial charge in [0.2, 0.25) is 0 Å². The monoisotopic (exact) mass is 991 g/mol. The first-order chi connectivity index (χ1) is 37.5. The summed E-state index contributed by atoms with van der Waals surface area (Å²) in [5, 5.41) is 1.07. The summed E-state index contributed by atoms with van der Waals surface area (Å²) >= 11 is 0. The van der Waals surface area contributed by atoms with E-state index in [1.807, 2.05) is 35.2 Å². The first kappa shape index (κ1) is 42.7. The van der Waals surface area contributed by atoms with Crippen LogP contribution in [0.2, 0.25) is 0 Å². The summed E-state index contributed by atoms with van der Waals surface area (Å²) in [6, 6.07) is 36.5. The van der Waals surface area contributed by atoms with Crippen LogP contribution in [0.3, 0.4) is 0 Å². The van der Waals surface area contributed by atoms with Crippen LogP contribution in [0.4, 0.5) is 51.2 Å². The molecular weight excluding hydrogens is 910 g/mol. The van der Waals surface area contributed by atoms with Crippen LogP contribution < -0.4 is 31.3 Å². The molecule has 1 aromatic heterocycles.